The number of benzene rings is 1. The second-order valence-electron chi connectivity index (χ2n) is 3.96. The lowest BCUT2D eigenvalue weighted by Crippen LogP contribution is -2.23. The van der Waals surface area contributed by atoms with Crippen LogP contribution < -0.4 is 4.57 Å². The van der Waals surface area contributed by atoms with Gasteiger partial charge in [-0.15, -0.1) is 0 Å². The van der Waals surface area contributed by atoms with Gasteiger partial charge in [0.2, 0.25) is 6.33 Å². The summed E-state index contributed by atoms with van der Waals surface area (Å²) >= 11 is 0. The first-order valence-corrected chi connectivity index (χ1v) is 6.70. The van der Waals surface area contributed by atoms with Gasteiger partial charge in [0.15, 0.2) is 0 Å². The number of hydrogen-bond acceptors (Lipinski definition) is 3. The maximum atomic E-state index is 10.5. The van der Waals surface area contributed by atoms with Crippen molar-refractivity contribution in [3.8, 4) is 0 Å². The molecule has 0 amide bonds. The monoisotopic (exact) mass is 268 g/mol. The Kier molecular flexibility index (Phi) is 4.63. The summed E-state index contributed by atoms with van der Waals surface area (Å²) in [6.45, 7) is 1.59. The third kappa shape index (κ3) is 4.31. The minimum absolute atomic E-state index is 0.139. The number of aromatic nitrogens is 2. The minimum Gasteiger partial charge on any atom is -0.744 e. The van der Waals surface area contributed by atoms with Crippen LogP contribution in [0.15, 0.2) is 47.9 Å². The molecule has 1 aromatic heterocycles. The summed E-state index contributed by atoms with van der Waals surface area (Å²) < 4.78 is 35.5. The van der Waals surface area contributed by atoms with Gasteiger partial charge in [-0.2, -0.15) is 0 Å². The van der Waals surface area contributed by atoms with Gasteiger partial charge in [-0.05, 0) is 18.6 Å². The Morgan fingerprint density at radius 1 is 1.28 bits per heavy atom. The molecule has 98 valence electrons. The van der Waals surface area contributed by atoms with Crippen LogP contribution in [0.4, 0.5) is 0 Å². The summed E-state index contributed by atoms with van der Waals surface area (Å²) in [4.78, 5) is -0.139. The van der Waals surface area contributed by atoms with Crippen molar-refractivity contribution in [2.75, 3.05) is 0 Å². The van der Waals surface area contributed by atoms with E-state index in [1.807, 2.05) is 42.0 Å². The maximum Gasteiger partial charge on any atom is 0.243 e. The Bertz CT molecular complexity index is 601. The van der Waals surface area contributed by atoms with Crippen molar-refractivity contribution < 1.29 is 17.5 Å². The first kappa shape index (κ1) is 14.4. The van der Waals surface area contributed by atoms with Gasteiger partial charge in [0, 0.05) is 0 Å². The number of rotatable bonds is 1. The number of aryl methyl sites for hydroxylation is 3. The quantitative estimate of drug-likeness (QED) is 0.566. The topological polar surface area (TPSA) is 66.0 Å². The Balaban J connectivity index is 0.000000199. The molecule has 0 spiro atoms. The van der Waals surface area contributed by atoms with E-state index in [-0.39, 0.29) is 4.90 Å². The molecule has 0 unspecified atom stereocenters. The molecule has 0 saturated carbocycles. The maximum absolute atomic E-state index is 10.5. The highest BCUT2D eigenvalue weighted by Crippen LogP contribution is 2.12. The average Bonchev–Trinajstić information content (AvgIpc) is 2.62. The Morgan fingerprint density at radius 3 is 2.17 bits per heavy atom. The first-order chi connectivity index (χ1) is 8.30. The van der Waals surface area contributed by atoms with Crippen LogP contribution in [0.3, 0.4) is 0 Å². The highest BCUT2D eigenvalue weighted by atomic mass is 32.2. The second-order valence-corrected chi connectivity index (χ2v) is 5.31. The van der Waals surface area contributed by atoms with Crippen molar-refractivity contribution in [1.82, 2.24) is 4.57 Å². The lowest BCUT2D eigenvalue weighted by molar-refractivity contribution is -0.670. The fourth-order valence-corrected chi connectivity index (χ4v) is 2.12. The van der Waals surface area contributed by atoms with E-state index < -0.39 is 10.1 Å². The molecule has 1 aromatic carbocycles. The van der Waals surface area contributed by atoms with Crippen LogP contribution in [-0.4, -0.2) is 17.5 Å². The summed E-state index contributed by atoms with van der Waals surface area (Å²) in [5.41, 5.74) is 0.488. The van der Waals surface area contributed by atoms with Crippen molar-refractivity contribution in [2.45, 2.75) is 11.8 Å². The van der Waals surface area contributed by atoms with Crippen molar-refractivity contribution >= 4 is 10.1 Å². The predicted octanol–water partition coefficient (Wildman–Crippen LogP) is 0.749. The molecule has 0 aliphatic rings. The Labute approximate surface area is 107 Å². The van der Waals surface area contributed by atoms with E-state index in [2.05, 4.69) is 0 Å². The zero-order valence-electron chi connectivity index (χ0n) is 10.6. The molecule has 0 saturated heterocycles. The molecule has 0 aliphatic carbocycles. The molecule has 0 fully saturated rings. The van der Waals surface area contributed by atoms with E-state index in [0.29, 0.717) is 5.56 Å². The van der Waals surface area contributed by atoms with Gasteiger partial charge in [-0.1, -0.05) is 18.2 Å². The minimum atomic E-state index is -4.28. The van der Waals surface area contributed by atoms with Gasteiger partial charge >= 0.3 is 0 Å². The number of nitrogens with zero attached hydrogens (tertiary/aromatic N) is 2. The highest BCUT2D eigenvalue weighted by Gasteiger charge is 2.02. The van der Waals surface area contributed by atoms with Gasteiger partial charge in [0.05, 0.1) is 19.0 Å². The van der Waals surface area contributed by atoms with Crippen LogP contribution in [-0.2, 0) is 24.2 Å². The Morgan fingerprint density at radius 2 is 1.89 bits per heavy atom. The molecule has 6 heteroatoms. The molecule has 1 heterocycles. The van der Waals surface area contributed by atoms with Gasteiger partial charge in [0.25, 0.3) is 0 Å². The zero-order valence-corrected chi connectivity index (χ0v) is 11.4. The molecule has 0 N–H and O–H groups in total. The average molecular weight is 268 g/mol. The predicted molar refractivity (Wildman–Crippen MR) is 65.7 cm³/mol. The molecule has 0 bridgehead atoms. The number of hydrogen-bond donors (Lipinski definition) is 0. The smallest absolute Gasteiger partial charge is 0.243 e. The normalized spacial score (nSPS) is 10.7. The summed E-state index contributed by atoms with van der Waals surface area (Å²) in [6.07, 6.45) is 6.00. The molecule has 2 aromatic rings. The van der Waals surface area contributed by atoms with Crippen LogP contribution in [0.1, 0.15) is 5.56 Å². The Hall–Kier alpha value is -1.66. The summed E-state index contributed by atoms with van der Waals surface area (Å²) in [7, 11) is -0.283. The van der Waals surface area contributed by atoms with E-state index in [9.17, 15) is 13.0 Å². The van der Waals surface area contributed by atoms with Gasteiger partial charge in [-0.25, -0.2) is 17.6 Å². The van der Waals surface area contributed by atoms with E-state index >= 15 is 0 Å². The first-order valence-electron chi connectivity index (χ1n) is 5.29. The fourth-order valence-electron chi connectivity index (χ4n) is 1.41. The van der Waals surface area contributed by atoms with Gasteiger partial charge < -0.3 is 4.55 Å². The third-order valence-electron chi connectivity index (χ3n) is 2.26. The molecule has 0 radical (unpaired) electrons. The molecular formula is C12H16N2O3S. The SMILES string of the molecule is Cc1ccccc1S(=O)(=O)[O-].Cn1cc[n+](C)c1. The van der Waals surface area contributed by atoms with Crippen LogP contribution in [0.2, 0.25) is 0 Å². The van der Waals surface area contributed by atoms with Crippen molar-refractivity contribution in [1.29, 1.82) is 0 Å². The fraction of sp³-hybridized carbons (Fsp3) is 0.250. The van der Waals surface area contributed by atoms with E-state index in [0.717, 1.165) is 0 Å². The van der Waals surface area contributed by atoms with Crippen molar-refractivity contribution in [3.05, 3.63) is 48.5 Å². The molecule has 5 nitrogen and oxygen atoms in total. The van der Waals surface area contributed by atoms with Crippen molar-refractivity contribution in [2.24, 2.45) is 14.1 Å². The standard InChI is InChI=1S/C7H8O3S.C5H9N2/c1-6-4-2-3-5-7(6)11(8,9)10;1-6-3-4-7(2)5-6/h2-5H,1H3,(H,8,9,10);3-5H,1-2H3/q;+1/p-1. The van der Waals surface area contributed by atoms with E-state index in [4.69, 9.17) is 0 Å². The van der Waals surface area contributed by atoms with E-state index in [1.165, 1.54) is 12.1 Å². The molecular weight excluding hydrogens is 252 g/mol. The van der Waals surface area contributed by atoms with Crippen LogP contribution in [0.5, 0.6) is 0 Å². The highest BCUT2D eigenvalue weighted by molar-refractivity contribution is 7.85. The zero-order chi connectivity index (χ0) is 13.8. The molecule has 18 heavy (non-hydrogen) atoms. The van der Waals surface area contributed by atoms with Crippen LogP contribution in [0, 0.1) is 6.92 Å². The van der Waals surface area contributed by atoms with Gasteiger partial charge in [0.1, 0.15) is 22.5 Å². The van der Waals surface area contributed by atoms with Crippen LogP contribution >= 0.6 is 0 Å². The third-order valence-corrected chi connectivity index (χ3v) is 3.26. The van der Waals surface area contributed by atoms with Crippen molar-refractivity contribution in [3.63, 3.8) is 0 Å². The molecule has 0 aliphatic heterocycles. The van der Waals surface area contributed by atoms with E-state index in [1.54, 1.807) is 19.1 Å². The summed E-state index contributed by atoms with van der Waals surface area (Å²) in [6, 6.07) is 6.10. The molecule has 0 atom stereocenters. The number of imidazole rings is 1. The summed E-state index contributed by atoms with van der Waals surface area (Å²) in [5, 5.41) is 0. The van der Waals surface area contributed by atoms with Crippen LogP contribution in [0.25, 0.3) is 0 Å². The lowest BCUT2D eigenvalue weighted by atomic mass is 10.2. The largest absolute Gasteiger partial charge is 0.744 e. The lowest BCUT2D eigenvalue weighted by Gasteiger charge is -2.08. The second kappa shape index (κ2) is 5.79. The summed E-state index contributed by atoms with van der Waals surface area (Å²) in [5.74, 6) is 0. The van der Waals surface area contributed by atoms with Gasteiger partial charge in [-0.3, -0.25) is 0 Å². The molecule has 2 rings (SSSR count).